The number of piperidine rings is 2. The van der Waals surface area contributed by atoms with Gasteiger partial charge >= 0.3 is 11.9 Å². The highest BCUT2D eigenvalue weighted by molar-refractivity contribution is 7.89. The number of aryl methyl sites for hydroxylation is 1. The first-order chi connectivity index (χ1) is 20.6. The van der Waals surface area contributed by atoms with E-state index in [2.05, 4.69) is 0 Å². The summed E-state index contributed by atoms with van der Waals surface area (Å²) in [4.78, 5) is 29.6. The van der Waals surface area contributed by atoms with Gasteiger partial charge in [-0.15, -0.1) is 0 Å². The Labute approximate surface area is 250 Å². The maximum absolute atomic E-state index is 14.4. The van der Waals surface area contributed by atoms with Crippen LogP contribution in [0.15, 0.2) is 71.6 Å². The van der Waals surface area contributed by atoms with Gasteiger partial charge in [0, 0.05) is 17.8 Å². The third-order valence-corrected chi connectivity index (χ3v) is 11.7. The van der Waals surface area contributed by atoms with Crippen molar-refractivity contribution in [3.8, 4) is 11.5 Å². The van der Waals surface area contributed by atoms with Crippen LogP contribution in [-0.2, 0) is 34.5 Å². The quantitative estimate of drug-likeness (QED) is 0.319. The average molecular weight is 605 g/mol. The molecule has 0 unspecified atom stereocenters. The van der Waals surface area contributed by atoms with E-state index in [-0.39, 0.29) is 24.3 Å². The lowest BCUT2D eigenvalue weighted by Crippen LogP contribution is -2.83. The minimum atomic E-state index is -4.02. The molecule has 0 aromatic heterocycles. The summed E-state index contributed by atoms with van der Waals surface area (Å²) < 4.78 is 53.6. The van der Waals surface area contributed by atoms with Gasteiger partial charge < -0.3 is 23.8 Å². The number of nitrogens with zero attached hydrogens (tertiary/aromatic N) is 2. The number of methoxy groups -OCH3 is 3. The van der Waals surface area contributed by atoms with Crippen LogP contribution < -0.4 is 14.4 Å². The first-order valence-electron chi connectivity index (χ1n) is 14.2. The Kier molecular flexibility index (Phi) is 5.93. The van der Waals surface area contributed by atoms with Crippen LogP contribution in [0.4, 0.5) is 5.69 Å². The number of hydrogen-bond acceptors (Lipinski definition) is 9. The lowest BCUT2D eigenvalue weighted by Gasteiger charge is -2.61. The van der Waals surface area contributed by atoms with E-state index >= 15 is 0 Å². The minimum absolute atomic E-state index is 0.0495. The first-order valence-corrected chi connectivity index (χ1v) is 15.6. The predicted molar refractivity (Wildman–Crippen MR) is 156 cm³/mol. The molecule has 2 saturated heterocycles. The zero-order valence-corrected chi connectivity index (χ0v) is 25.1. The fraction of sp³-hybridized carbons (Fsp3) is 0.375. The van der Waals surface area contributed by atoms with E-state index in [1.807, 2.05) is 37.3 Å². The molecule has 10 nitrogen and oxygen atoms in total. The number of hydrogen-bond donors (Lipinski definition) is 0. The molecule has 3 aromatic rings. The number of esters is 2. The molecule has 7 rings (SSSR count). The first kappa shape index (κ1) is 27.7. The molecule has 1 spiro atoms. The van der Waals surface area contributed by atoms with E-state index in [4.69, 9.17) is 18.9 Å². The highest BCUT2D eigenvalue weighted by Crippen LogP contribution is 2.70. The van der Waals surface area contributed by atoms with Gasteiger partial charge in [-0.3, -0.25) is 0 Å². The van der Waals surface area contributed by atoms with Crippen molar-refractivity contribution < 1.29 is 37.0 Å². The molecule has 11 heteroatoms. The Balaban J connectivity index is 1.55. The molecule has 0 aliphatic carbocycles. The van der Waals surface area contributed by atoms with Gasteiger partial charge in [0.05, 0.1) is 37.7 Å². The van der Waals surface area contributed by atoms with Gasteiger partial charge in [-0.25, -0.2) is 18.0 Å². The van der Waals surface area contributed by atoms with Crippen molar-refractivity contribution in [1.29, 1.82) is 0 Å². The van der Waals surface area contributed by atoms with Crippen LogP contribution in [0.1, 0.15) is 36.0 Å². The van der Waals surface area contributed by atoms with Gasteiger partial charge in [-0.1, -0.05) is 35.9 Å². The van der Waals surface area contributed by atoms with Gasteiger partial charge in [-0.2, -0.15) is 4.31 Å². The van der Waals surface area contributed by atoms with Gasteiger partial charge in [0.2, 0.25) is 21.3 Å². The SMILES string of the molecule is COC(=O)C1(C(=O)OC)CC[C@@H]2N(S(=O)(=O)c3ccc(C)cc3)CC[C@@]34c5cc(OC)ccc5O[C@@]23N1c1ccccc14. The molecule has 4 aliphatic rings. The summed E-state index contributed by atoms with van der Waals surface area (Å²) in [7, 11) is 0.0253. The normalized spacial score (nSPS) is 26.3. The highest BCUT2D eigenvalue weighted by atomic mass is 32.2. The van der Waals surface area contributed by atoms with Crippen molar-refractivity contribution >= 4 is 27.6 Å². The van der Waals surface area contributed by atoms with E-state index in [9.17, 15) is 18.0 Å². The number of benzene rings is 3. The number of para-hydroxylation sites is 1. The minimum Gasteiger partial charge on any atom is -0.497 e. The van der Waals surface area contributed by atoms with E-state index < -0.39 is 44.7 Å². The molecule has 2 fully saturated rings. The molecule has 3 aromatic carbocycles. The lowest BCUT2D eigenvalue weighted by molar-refractivity contribution is -0.171. The van der Waals surface area contributed by atoms with E-state index in [1.54, 1.807) is 48.4 Å². The molecular formula is C32H32N2O8S. The van der Waals surface area contributed by atoms with Crippen LogP contribution in [0.3, 0.4) is 0 Å². The molecular weight excluding hydrogens is 572 g/mol. The second-order valence-corrected chi connectivity index (χ2v) is 13.4. The number of rotatable bonds is 5. The summed E-state index contributed by atoms with van der Waals surface area (Å²) in [5.74, 6) is -0.453. The smallest absolute Gasteiger partial charge is 0.343 e. The fourth-order valence-corrected chi connectivity index (χ4v) is 9.76. The molecule has 0 N–H and O–H groups in total. The monoisotopic (exact) mass is 604 g/mol. The third-order valence-electron chi connectivity index (χ3n) is 9.80. The summed E-state index contributed by atoms with van der Waals surface area (Å²) in [6.07, 6.45) is 0.402. The topological polar surface area (TPSA) is 112 Å². The predicted octanol–water partition coefficient (Wildman–Crippen LogP) is 3.54. The molecule has 4 heterocycles. The highest BCUT2D eigenvalue weighted by Gasteiger charge is 2.82. The maximum atomic E-state index is 14.4. The summed E-state index contributed by atoms with van der Waals surface area (Å²) in [6, 6.07) is 19.0. The van der Waals surface area contributed by atoms with Crippen molar-refractivity contribution in [3.05, 3.63) is 83.4 Å². The standard InChI is InChI=1S/C32H32N2O8S/c1-20-9-12-22(13-10-20)43(37,38)33-18-17-30-23-7-5-6-8-25(23)34-31(28(35)40-3,29(36)41-4)16-15-27(33)32(30,34)42-26-14-11-21(39-2)19-24(26)30/h5-14,19,27H,15-18H2,1-4H3/t27-,30+,32-/m0/s1. The van der Waals surface area contributed by atoms with E-state index in [0.717, 1.165) is 16.7 Å². The van der Waals surface area contributed by atoms with Crippen LogP contribution in [0, 0.1) is 6.92 Å². The lowest BCUT2D eigenvalue weighted by atomic mass is 9.61. The summed E-state index contributed by atoms with van der Waals surface area (Å²) in [5.41, 5.74) is -1.24. The molecule has 0 bridgehead atoms. The van der Waals surface area contributed by atoms with Gasteiger partial charge in [-0.05, 0) is 68.1 Å². The van der Waals surface area contributed by atoms with Crippen molar-refractivity contribution in [2.45, 2.75) is 53.8 Å². The second-order valence-electron chi connectivity index (χ2n) is 11.5. The fourth-order valence-electron chi connectivity index (χ4n) is 8.10. The molecule has 0 radical (unpaired) electrons. The second kappa shape index (κ2) is 9.20. The third kappa shape index (κ3) is 3.18. The average Bonchev–Trinajstić information content (AvgIpc) is 3.46. The van der Waals surface area contributed by atoms with Crippen LogP contribution >= 0.6 is 0 Å². The van der Waals surface area contributed by atoms with E-state index in [1.165, 1.54) is 18.5 Å². The van der Waals surface area contributed by atoms with Crippen LogP contribution in [0.25, 0.3) is 0 Å². The number of carbonyl (C=O) groups is 2. The van der Waals surface area contributed by atoms with Crippen LogP contribution in [-0.4, -0.2) is 69.8 Å². The number of carbonyl (C=O) groups excluding carboxylic acids is 2. The zero-order valence-electron chi connectivity index (χ0n) is 24.3. The van der Waals surface area contributed by atoms with E-state index in [0.29, 0.717) is 23.6 Å². The Morgan fingerprint density at radius 3 is 2.28 bits per heavy atom. The summed E-state index contributed by atoms with van der Waals surface area (Å²) >= 11 is 0. The molecule has 224 valence electrons. The zero-order chi connectivity index (χ0) is 30.4. The molecule has 43 heavy (non-hydrogen) atoms. The molecule has 4 aliphatic heterocycles. The van der Waals surface area contributed by atoms with Crippen LogP contribution in [0.5, 0.6) is 11.5 Å². The van der Waals surface area contributed by atoms with Crippen molar-refractivity contribution in [3.63, 3.8) is 0 Å². The van der Waals surface area contributed by atoms with Gasteiger partial charge in [0.1, 0.15) is 11.5 Å². The Morgan fingerprint density at radius 2 is 1.60 bits per heavy atom. The summed E-state index contributed by atoms with van der Waals surface area (Å²) in [5, 5.41) is 0. The maximum Gasteiger partial charge on any atom is 0.343 e. The number of sulfonamides is 1. The molecule has 0 amide bonds. The van der Waals surface area contributed by atoms with Gasteiger partial charge in [0.15, 0.2) is 0 Å². The number of ether oxygens (including phenoxy) is 4. The van der Waals surface area contributed by atoms with Crippen molar-refractivity contribution in [1.82, 2.24) is 4.31 Å². The van der Waals surface area contributed by atoms with Gasteiger partial charge in [0.25, 0.3) is 0 Å². The Hall–Kier alpha value is -4.09. The molecule has 3 atom stereocenters. The Morgan fingerprint density at radius 1 is 0.907 bits per heavy atom. The summed E-state index contributed by atoms with van der Waals surface area (Å²) in [6.45, 7) is 2.09. The molecule has 0 saturated carbocycles. The van der Waals surface area contributed by atoms with Crippen LogP contribution in [0.2, 0.25) is 0 Å². The number of anilines is 1. The van der Waals surface area contributed by atoms with Crippen molar-refractivity contribution in [2.75, 3.05) is 32.8 Å². The number of fused-ring (bicyclic) bond motifs is 3. The van der Waals surface area contributed by atoms with Crippen molar-refractivity contribution in [2.24, 2.45) is 0 Å². The Bertz CT molecular complexity index is 1760. The largest absolute Gasteiger partial charge is 0.497 e.